The zero-order valence-corrected chi connectivity index (χ0v) is 32.6. The van der Waals surface area contributed by atoms with Crippen LogP contribution in [0.4, 0.5) is 34.1 Å². The van der Waals surface area contributed by atoms with Gasteiger partial charge >= 0.3 is 0 Å². The first-order chi connectivity index (χ1) is 24.7. The lowest BCUT2D eigenvalue weighted by Crippen LogP contribution is -2.16. The average molecular weight is 681 g/mol. The summed E-state index contributed by atoms with van der Waals surface area (Å²) in [6.45, 7) is 22.4. The average Bonchev–Trinajstić information content (AvgIpc) is 3.10. The van der Waals surface area contributed by atoms with Crippen LogP contribution in [0, 0.1) is 27.7 Å². The van der Waals surface area contributed by atoms with Gasteiger partial charge in [-0.2, -0.15) is 0 Å². The van der Waals surface area contributed by atoms with Crippen molar-refractivity contribution in [1.29, 1.82) is 0 Å². The monoisotopic (exact) mass is 680 g/mol. The molecule has 0 radical (unpaired) electrons. The Kier molecular flexibility index (Phi) is 8.99. The summed E-state index contributed by atoms with van der Waals surface area (Å²) in [6.07, 6.45) is 0. The normalized spacial score (nSPS) is 12.0. The molecule has 0 saturated carbocycles. The number of benzene rings is 7. The summed E-state index contributed by atoms with van der Waals surface area (Å²) >= 11 is 0. The maximum Gasteiger partial charge on any atom is 0.0620 e. The molecule has 0 aliphatic carbocycles. The molecule has 7 aromatic carbocycles. The molecule has 7 aromatic rings. The summed E-state index contributed by atoms with van der Waals surface area (Å²) < 4.78 is 0. The van der Waals surface area contributed by atoms with Crippen molar-refractivity contribution in [2.75, 3.05) is 9.80 Å². The Hall–Kier alpha value is -5.34. The van der Waals surface area contributed by atoms with Crippen molar-refractivity contribution in [3.8, 4) is 0 Å². The van der Waals surface area contributed by atoms with Gasteiger partial charge in [0.05, 0.1) is 11.4 Å². The molecule has 7 rings (SSSR count). The first kappa shape index (κ1) is 35.1. The van der Waals surface area contributed by atoms with Gasteiger partial charge in [-0.05, 0) is 110 Å². The largest absolute Gasteiger partial charge is 0.309 e. The molecule has 262 valence electrons. The van der Waals surface area contributed by atoms with Gasteiger partial charge in [-0.1, -0.05) is 137 Å². The molecule has 0 spiro atoms. The molecule has 0 aromatic heterocycles. The summed E-state index contributed by atoms with van der Waals surface area (Å²) in [5.41, 5.74) is 14.7. The molecule has 0 amide bonds. The van der Waals surface area contributed by atoms with E-state index in [0.717, 1.165) is 22.7 Å². The number of rotatable bonds is 6. The van der Waals surface area contributed by atoms with Gasteiger partial charge in [0.25, 0.3) is 0 Å². The van der Waals surface area contributed by atoms with Gasteiger partial charge in [0, 0.05) is 44.3 Å². The third-order valence-electron chi connectivity index (χ3n) is 10.4. The third-order valence-corrected chi connectivity index (χ3v) is 10.4. The molecule has 0 N–H and O–H groups in total. The minimum atomic E-state index is 0.0625. The highest BCUT2D eigenvalue weighted by atomic mass is 15.2. The zero-order chi connectivity index (χ0) is 36.9. The maximum atomic E-state index is 2.48. The van der Waals surface area contributed by atoms with Crippen molar-refractivity contribution in [3.05, 3.63) is 167 Å². The van der Waals surface area contributed by atoms with Gasteiger partial charge < -0.3 is 9.80 Å². The predicted molar refractivity (Wildman–Crippen MR) is 227 cm³/mol. The van der Waals surface area contributed by atoms with E-state index in [4.69, 9.17) is 0 Å². The second kappa shape index (κ2) is 13.3. The maximum absolute atomic E-state index is 2.48. The summed E-state index contributed by atoms with van der Waals surface area (Å²) in [7, 11) is 0. The molecule has 0 saturated heterocycles. The number of hydrogen-bond donors (Lipinski definition) is 0. The number of hydrogen-bond acceptors (Lipinski definition) is 2. The Bertz CT molecular complexity index is 2300. The van der Waals surface area contributed by atoms with Crippen molar-refractivity contribution in [3.63, 3.8) is 0 Å². The van der Waals surface area contributed by atoms with Gasteiger partial charge in [0.2, 0.25) is 0 Å². The van der Waals surface area contributed by atoms with Gasteiger partial charge in [0.1, 0.15) is 0 Å². The fourth-order valence-electron chi connectivity index (χ4n) is 7.32. The zero-order valence-electron chi connectivity index (χ0n) is 32.6. The van der Waals surface area contributed by atoms with Gasteiger partial charge in [0.15, 0.2) is 0 Å². The van der Waals surface area contributed by atoms with Crippen LogP contribution in [0.25, 0.3) is 21.5 Å². The number of nitrogens with zero attached hydrogens (tertiary/aromatic N) is 2. The Morgan fingerprint density at radius 1 is 0.308 bits per heavy atom. The van der Waals surface area contributed by atoms with E-state index in [1.54, 1.807) is 0 Å². The van der Waals surface area contributed by atoms with E-state index in [1.807, 2.05) is 0 Å². The summed E-state index contributed by atoms with van der Waals surface area (Å²) in [5, 5.41) is 4.86. The minimum Gasteiger partial charge on any atom is -0.309 e. The number of fused-ring (bicyclic) bond motifs is 2. The van der Waals surface area contributed by atoms with Crippen LogP contribution in [0.15, 0.2) is 133 Å². The van der Waals surface area contributed by atoms with Crippen molar-refractivity contribution in [2.45, 2.75) is 80.1 Å². The highest BCUT2D eigenvalue weighted by Crippen LogP contribution is 2.51. The van der Waals surface area contributed by atoms with Crippen LogP contribution >= 0.6 is 0 Å². The summed E-state index contributed by atoms with van der Waals surface area (Å²) in [5.74, 6) is 0. The molecule has 0 aliphatic rings. The van der Waals surface area contributed by atoms with Crippen molar-refractivity contribution < 1.29 is 0 Å². The quantitative estimate of drug-likeness (QED) is 0.127. The molecule has 0 heterocycles. The fraction of sp³-hybridized carbons (Fsp3) is 0.240. The van der Waals surface area contributed by atoms with E-state index in [-0.39, 0.29) is 10.8 Å². The summed E-state index contributed by atoms with van der Waals surface area (Å²) in [6, 6.07) is 50.3. The van der Waals surface area contributed by atoms with Crippen LogP contribution in [-0.4, -0.2) is 0 Å². The Morgan fingerprint density at radius 3 is 0.885 bits per heavy atom. The fourth-order valence-corrected chi connectivity index (χ4v) is 7.32. The molecule has 0 bridgehead atoms. The van der Waals surface area contributed by atoms with Crippen molar-refractivity contribution >= 4 is 55.7 Å². The van der Waals surface area contributed by atoms with E-state index >= 15 is 0 Å². The Labute approximate surface area is 311 Å². The lowest BCUT2D eigenvalue weighted by atomic mass is 9.87. The molecular formula is C50H52N2. The third kappa shape index (κ3) is 6.71. The molecule has 0 aliphatic heterocycles. The second-order valence-corrected chi connectivity index (χ2v) is 16.7. The van der Waals surface area contributed by atoms with E-state index in [9.17, 15) is 0 Å². The van der Waals surface area contributed by atoms with E-state index < -0.39 is 0 Å². The highest BCUT2D eigenvalue weighted by Gasteiger charge is 2.26. The number of anilines is 6. The van der Waals surface area contributed by atoms with Gasteiger partial charge in [-0.15, -0.1) is 0 Å². The van der Waals surface area contributed by atoms with Crippen LogP contribution in [0.3, 0.4) is 0 Å². The van der Waals surface area contributed by atoms with Gasteiger partial charge in [-0.3, -0.25) is 0 Å². The van der Waals surface area contributed by atoms with Crippen LogP contribution in [0.5, 0.6) is 0 Å². The Balaban J connectivity index is 1.60. The highest BCUT2D eigenvalue weighted by molar-refractivity contribution is 6.23. The SMILES string of the molecule is Cc1ccc(N(c2ccc(C(C)(C)C)cc2)c2c3ccc(C)cc3c(N(c3ccc(C)cc3)c3ccc(C(C)(C)C)cc3)c3cc(C)ccc23)cc1. The lowest BCUT2D eigenvalue weighted by Gasteiger charge is -2.33. The van der Waals surface area contributed by atoms with Crippen molar-refractivity contribution in [1.82, 2.24) is 0 Å². The first-order valence-electron chi connectivity index (χ1n) is 18.6. The smallest absolute Gasteiger partial charge is 0.0620 e. The molecule has 2 heteroatoms. The summed E-state index contributed by atoms with van der Waals surface area (Å²) in [4.78, 5) is 4.95. The molecule has 52 heavy (non-hydrogen) atoms. The topological polar surface area (TPSA) is 6.48 Å². The van der Waals surface area contributed by atoms with Crippen LogP contribution in [-0.2, 0) is 10.8 Å². The molecule has 0 unspecified atom stereocenters. The van der Waals surface area contributed by atoms with Crippen LogP contribution < -0.4 is 9.80 Å². The molecule has 0 fully saturated rings. The van der Waals surface area contributed by atoms with E-state index in [1.165, 1.54) is 66.3 Å². The van der Waals surface area contributed by atoms with Crippen LogP contribution in [0.1, 0.15) is 74.9 Å². The first-order valence-corrected chi connectivity index (χ1v) is 18.6. The van der Waals surface area contributed by atoms with Crippen LogP contribution in [0.2, 0.25) is 0 Å². The lowest BCUT2D eigenvalue weighted by molar-refractivity contribution is 0.590. The second-order valence-electron chi connectivity index (χ2n) is 16.7. The van der Waals surface area contributed by atoms with E-state index in [2.05, 4.69) is 212 Å². The molecular weight excluding hydrogens is 629 g/mol. The predicted octanol–water partition coefficient (Wildman–Crippen LogP) is 14.8. The van der Waals surface area contributed by atoms with Crippen molar-refractivity contribution in [2.24, 2.45) is 0 Å². The van der Waals surface area contributed by atoms with E-state index in [0.29, 0.717) is 0 Å². The van der Waals surface area contributed by atoms with Gasteiger partial charge in [-0.25, -0.2) is 0 Å². The molecule has 0 atom stereocenters. The Morgan fingerprint density at radius 2 is 0.577 bits per heavy atom. The molecule has 2 nitrogen and oxygen atoms in total. The minimum absolute atomic E-state index is 0.0625. The standard InChI is InChI=1S/C50H52N2/c1-33-11-21-39(22-12-33)51(41-25-17-37(18-26-41)49(5,6)7)47-43-29-15-35(3)31-45(43)48(46-32-36(4)16-30-44(46)47)52(40-23-13-34(2)14-24-40)42-27-19-38(20-28-42)50(8,9)10/h11-32H,1-10H3. The number of aryl methyl sites for hydroxylation is 4.